The smallest absolute Gasteiger partial charge is 0.336 e. The van der Waals surface area contributed by atoms with E-state index in [1.54, 1.807) is 18.2 Å². The molecule has 2 aromatic carbocycles. The van der Waals surface area contributed by atoms with Crippen molar-refractivity contribution in [1.82, 2.24) is 4.90 Å². The second-order valence-electron chi connectivity index (χ2n) is 8.18. The molecule has 32 heavy (non-hydrogen) atoms. The van der Waals surface area contributed by atoms with Crippen molar-refractivity contribution in [2.45, 2.75) is 32.6 Å². The molecule has 0 atom stereocenters. The monoisotopic (exact) mass is 435 g/mol. The molecular weight excluding hydrogens is 406 g/mol. The third-order valence-electron chi connectivity index (χ3n) is 6.00. The van der Waals surface area contributed by atoms with Gasteiger partial charge in [0, 0.05) is 30.6 Å². The minimum absolute atomic E-state index is 0.00965. The summed E-state index contributed by atoms with van der Waals surface area (Å²) in [5, 5.41) is 0.815. The van der Waals surface area contributed by atoms with Crippen molar-refractivity contribution in [1.29, 1.82) is 0 Å². The summed E-state index contributed by atoms with van der Waals surface area (Å²) >= 11 is 0. The molecule has 1 saturated heterocycles. The van der Waals surface area contributed by atoms with Gasteiger partial charge < -0.3 is 18.8 Å². The number of rotatable bonds is 8. The lowest BCUT2D eigenvalue weighted by Gasteiger charge is -2.32. The van der Waals surface area contributed by atoms with E-state index in [0.717, 1.165) is 49.9 Å². The molecule has 0 spiro atoms. The number of carbonyl (C=O) groups excluding carboxylic acids is 1. The third kappa shape index (κ3) is 5.69. The summed E-state index contributed by atoms with van der Waals surface area (Å²) in [6.07, 6.45) is 4.22. The Labute approximate surface area is 187 Å². The lowest BCUT2D eigenvalue weighted by Crippen LogP contribution is -2.41. The van der Waals surface area contributed by atoms with Crippen LogP contribution in [0.25, 0.3) is 11.0 Å². The molecule has 6 nitrogen and oxygen atoms in total. The Bertz CT molecular complexity index is 1100. The zero-order valence-electron chi connectivity index (χ0n) is 18.4. The van der Waals surface area contributed by atoms with Gasteiger partial charge in [-0.05, 0) is 74.4 Å². The Balaban J connectivity index is 1.21. The number of benzene rings is 2. The Morgan fingerprint density at radius 3 is 2.47 bits per heavy atom. The number of likely N-dealkylation sites (tertiary alicyclic amines) is 1. The van der Waals surface area contributed by atoms with Gasteiger partial charge in [0.05, 0.1) is 6.61 Å². The summed E-state index contributed by atoms with van der Waals surface area (Å²) in [4.78, 5) is 25.8. The highest BCUT2D eigenvalue weighted by Crippen LogP contribution is 2.24. The van der Waals surface area contributed by atoms with Crippen molar-refractivity contribution < 1.29 is 18.7 Å². The minimum atomic E-state index is -0.406. The van der Waals surface area contributed by atoms with Gasteiger partial charge in [0.2, 0.25) is 0 Å². The molecule has 0 bridgehead atoms. The SMILES string of the molecule is CCOc1ccc(CCC2CCN(C(=O)COc3ccc4ccc(=O)oc4c3)CC2)cc1. The van der Waals surface area contributed by atoms with Crippen LogP contribution in [-0.2, 0) is 11.2 Å². The van der Waals surface area contributed by atoms with Gasteiger partial charge in [0.15, 0.2) is 6.61 Å². The quantitative estimate of drug-likeness (QED) is 0.489. The largest absolute Gasteiger partial charge is 0.494 e. The molecule has 168 valence electrons. The molecule has 1 aromatic heterocycles. The number of hydrogen-bond acceptors (Lipinski definition) is 5. The first kappa shape index (κ1) is 21.9. The Morgan fingerprint density at radius 1 is 1.00 bits per heavy atom. The van der Waals surface area contributed by atoms with Crippen molar-refractivity contribution in [3.63, 3.8) is 0 Å². The van der Waals surface area contributed by atoms with E-state index in [0.29, 0.717) is 23.9 Å². The summed E-state index contributed by atoms with van der Waals surface area (Å²) < 4.78 is 16.3. The van der Waals surface area contributed by atoms with Crippen LogP contribution in [0.1, 0.15) is 31.7 Å². The fourth-order valence-corrected chi connectivity index (χ4v) is 4.13. The second-order valence-corrected chi connectivity index (χ2v) is 8.18. The lowest BCUT2D eigenvalue weighted by molar-refractivity contribution is -0.134. The number of amides is 1. The van der Waals surface area contributed by atoms with Crippen LogP contribution in [0.15, 0.2) is 63.8 Å². The zero-order valence-corrected chi connectivity index (χ0v) is 18.4. The van der Waals surface area contributed by atoms with Crippen LogP contribution in [0.5, 0.6) is 11.5 Å². The molecule has 1 amide bonds. The van der Waals surface area contributed by atoms with E-state index in [4.69, 9.17) is 13.9 Å². The molecule has 3 aromatic rings. The maximum atomic E-state index is 12.6. The molecule has 0 unspecified atom stereocenters. The molecule has 4 rings (SSSR count). The number of aryl methyl sites for hydroxylation is 1. The number of fused-ring (bicyclic) bond motifs is 1. The Morgan fingerprint density at radius 2 is 1.72 bits per heavy atom. The van der Waals surface area contributed by atoms with E-state index in [-0.39, 0.29) is 12.5 Å². The molecule has 0 radical (unpaired) electrons. The van der Waals surface area contributed by atoms with Gasteiger partial charge in [-0.2, -0.15) is 0 Å². The normalized spacial score (nSPS) is 14.5. The summed E-state index contributed by atoms with van der Waals surface area (Å²) in [5.41, 5.74) is 1.37. The van der Waals surface area contributed by atoms with Crippen LogP contribution in [0, 0.1) is 5.92 Å². The molecular formula is C26H29NO5. The first-order valence-corrected chi connectivity index (χ1v) is 11.3. The van der Waals surface area contributed by atoms with Crippen LogP contribution >= 0.6 is 0 Å². The van der Waals surface area contributed by atoms with Gasteiger partial charge in [-0.3, -0.25) is 4.79 Å². The minimum Gasteiger partial charge on any atom is -0.494 e. The molecule has 1 aliphatic heterocycles. The predicted octanol–water partition coefficient (Wildman–Crippen LogP) is 4.44. The first-order chi connectivity index (χ1) is 15.6. The molecule has 2 heterocycles. The van der Waals surface area contributed by atoms with E-state index in [2.05, 4.69) is 12.1 Å². The molecule has 0 aliphatic carbocycles. The van der Waals surface area contributed by atoms with Gasteiger partial charge in [0.1, 0.15) is 17.1 Å². The van der Waals surface area contributed by atoms with E-state index in [1.807, 2.05) is 30.0 Å². The maximum Gasteiger partial charge on any atom is 0.336 e. The van der Waals surface area contributed by atoms with Gasteiger partial charge in [0.25, 0.3) is 5.91 Å². The van der Waals surface area contributed by atoms with Gasteiger partial charge in [-0.15, -0.1) is 0 Å². The van der Waals surface area contributed by atoms with Gasteiger partial charge >= 0.3 is 5.63 Å². The third-order valence-corrected chi connectivity index (χ3v) is 6.00. The molecule has 1 fully saturated rings. The number of ether oxygens (including phenoxy) is 2. The van der Waals surface area contributed by atoms with Crippen molar-refractivity contribution in [2.75, 3.05) is 26.3 Å². The maximum absolute atomic E-state index is 12.6. The van der Waals surface area contributed by atoms with Crippen LogP contribution in [-0.4, -0.2) is 37.1 Å². The summed E-state index contributed by atoms with van der Waals surface area (Å²) in [6, 6.07) is 16.7. The van der Waals surface area contributed by atoms with Gasteiger partial charge in [-0.25, -0.2) is 4.79 Å². The standard InChI is InChI=1S/C26H29NO5/c1-2-30-22-9-5-19(6-10-22)3-4-20-13-15-27(16-14-20)25(28)18-31-23-11-7-21-8-12-26(29)32-24(21)17-23/h5-12,17,20H,2-4,13-16,18H2,1H3. The number of carbonyl (C=O) groups is 1. The van der Waals surface area contributed by atoms with Gasteiger partial charge in [-0.1, -0.05) is 12.1 Å². The second kappa shape index (κ2) is 10.4. The highest BCUT2D eigenvalue weighted by atomic mass is 16.5. The fraction of sp³-hybridized carbons (Fsp3) is 0.385. The highest BCUT2D eigenvalue weighted by Gasteiger charge is 2.23. The van der Waals surface area contributed by atoms with Crippen LogP contribution < -0.4 is 15.1 Å². The zero-order chi connectivity index (χ0) is 22.3. The highest BCUT2D eigenvalue weighted by molar-refractivity contribution is 5.79. The summed E-state index contributed by atoms with van der Waals surface area (Å²) in [5.74, 6) is 2.06. The Kier molecular flexibility index (Phi) is 7.10. The molecule has 0 saturated carbocycles. The topological polar surface area (TPSA) is 69.0 Å². The first-order valence-electron chi connectivity index (χ1n) is 11.3. The average molecular weight is 436 g/mol. The Hall–Kier alpha value is -3.28. The summed E-state index contributed by atoms with van der Waals surface area (Å²) in [7, 11) is 0. The van der Waals surface area contributed by atoms with E-state index in [1.165, 1.54) is 11.6 Å². The van der Waals surface area contributed by atoms with Crippen LogP contribution in [0.3, 0.4) is 0 Å². The number of nitrogens with zero attached hydrogens (tertiary/aromatic N) is 1. The lowest BCUT2D eigenvalue weighted by atomic mass is 9.90. The van der Waals surface area contributed by atoms with E-state index in [9.17, 15) is 9.59 Å². The molecule has 1 aliphatic rings. The molecule has 0 N–H and O–H groups in total. The average Bonchev–Trinajstić information content (AvgIpc) is 2.82. The van der Waals surface area contributed by atoms with Crippen LogP contribution in [0.4, 0.5) is 0 Å². The predicted molar refractivity (Wildman–Crippen MR) is 123 cm³/mol. The van der Waals surface area contributed by atoms with Crippen molar-refractivity contribution >= 4 is 16.9 Å². The van der Waals surface area contributed by atoms with Crippen molar-refractivity contribution in [3.05, 3.63) is 70.6 Å². The van der Waals surface area contributed by atoms with E-state index >= 15 is 0 Å². The van der Waals surface area contributed by atoms with E-state index < -0.39 is 5.63 Å². The number of piperidine rings is 1. The molecule has 6 heteroatoms. The number of hydrogen-bond donors (Lipinski definition) is 0. The van der Waals surface area contributed by atoms with Crippen molar-refractivity contribution in [3.8, 4) is 11.5 Å². The summed E-state index contributed by atoms with van der Waals surface area (Å²) in [6.45, 7) is 4.19. The van der Waals surface area contributed by atoms with Crippen LogP contribution in [0.2, 0.25) is 0 Å². The fourth-order valence-electron chi connectivity index (χ4n) is 4.13. The van der Waals surface area contributed by atoms with Crippen molar-refractivity contribution in [2.24, 2.45) is 5.92 Å².